The molecule has 0 saturated heterocycles. The molecule has 0 aliphatic carbocycles. The summed E-state index contributed by atoms with van der Waals surface area (Å²) in [6, 6.07) is 12.7. The highest BCUT2D eigenvalue weighted by molar-refractivity contribution is 5.76. The van der Waals surface area contributed by atoms with Crippen LogP contribution in [0.3, 0.4) is 0 Å². The molecule has 2 aromatic carbocycles. The lowest BCUT2D eigenvalue weighted by atomic mass is 10.1. The summed E-state index contributed by atoms with van der Waals surface area (Å²) in [5.41, 5.74) is 1.42. The van der Waals surface area contributed by atoms with E-state index in [0.29, 0.717) is 5.56 Å². The molecule has 0 spiro atoms. The van der Waals surface area contributed by atoms with Crippen molar-refractivity contribution in [3.05, 3.63) is 89.4 Å². The SMILES string of the molecule is C=COCCOc1c(C=Cc2ccccc2)ccc([N+](=O)[O-])c1OCCOC=C. The molecule has 0 atom stereocenters. The highest BCUT2D eigenvalue weighted by Gasteiger charge is 2.23. The van der Waals surface area contributed by atoms with Crippen molar-refractivity contribution in [2.24, 2.45) is 0 Å². The molecule has 7 heteroatoms. The third kappa shape index (κ3) is 6.73. The van der Waals surface area contributed by atoms with Gasteiger partial charge in [-0.05, 0) is 11.6 Å². The first kappa shape index (κ1) is 21.6. The Morgan fingerprint density at radius 1 is 0.828 bits per heavy atom. The molecule has 0 N–H and O–H groups in total. The van der Waals surface area contributed by atoms with E-state index in [9.17, 15) is 10.1 Å². The minimum Gasteiger partial charge on any atom is -0.498 e. The Kier molecular flexibility index (Phi) is 8.82. The highest BCUT2D eigenvalue weighted by atomic mass is 16.6. The van der Waals surface area contributed by atoms with Crippen molar-refractivity contribution in [1.29, 1.82) is 0 Å². The lowest BCUT2D eigenvalue weighted by Crippen LogP contribution is -2.10. The number of benzene rings is 2. The van der Waals surface area contributed by atoms with Gasteiger partial charge in [0, 0.05) is 11.6 Å². The third-order valence-corrected chi connectivity index (χ3v) is 3.70. The van der Waals surface area contributed by atoms with Crippen LogP contribution >= 0.6 is 0 Å². The van der Waals surface area contributed by atoms with E-state index in [0.717, 1.165) is 5.56 Å². The summed E-state index contributed by atoms with van der Waals surface area (Å²) in [5, 5.41) is 11.5. The monoisotopic (exact) mass is 397 g/mol. The maximum atomic E-state index is 11.5. The maximum absolute atomic E-state index is 11.5. The predicted molar refractivity (Wildman–Crippen MR) is 112 cm³/mol. The quantitative estimate of drug-likeness (QED) is 0.158. The molecule has 7 nitrogen and oxygen atoms in total. The number of nitro benzene ring substituents is 1. The molecular weight excluding hydrogens is 374 g/mol. The van der Waals surface area contributed by atoms with E-state index in [-0.39, 0.29) is 43.6 Å². The molecule has 2 rings (SSSR count). The average Bonchev–Trinajstić information content (AvgIpc) is 2.74. The first-order valence-corrected chi connectivity index (χ1v) is 8.92. The van der Waals surface area contributed by atoms with Gasteiger partial charge in [-0.3, -0.25) is 10.1 Å². The van der Waals surface area contributed by atoms with Crippen molar-refractivity contribution in [3.8, 4) is 11.5 Å². The van der Waals surface area contributed by atoms with E-state index in [1.165, 1.54) is 18.6 Å². The standard InChI is InChI=1S/C22H23NO6/c1-3-26-14-16-28-21-19(11-10-18-8-6-5-7-9-18)12-13-20(23(24)25)22(21)29-17-15-27-4-2/h3-13H,1-2,14-17H2. The highest BCUT2D eigenvalue weighted by Crippen LogP contribution is 2.40. The van der Waals surface area contributed by atoms with Crippen molar-refractivity contribution >= 4 is 17.8 Å². The Balaban J connectivity index is 2.38. The number of hydrogen-bond donors (Lipinski definition) is 0. The summed E-state index contributed by atoms with van der Waals surface area (Å²) in [5.74, 6) is 0.300. The minimum atomic E-state index is -0.512. The summed E-state index contributed by atoms with van der Waals surface area (Å²) in [6.07, 6.45) is 6.28. The van der Waals surface area contributed by atoms with Gasteiger partial charge in [-0.2, -0.15) is 0 Å². The van der Waals surface area contributed by atoms with E-state index >= 15 is 0 Å². The zero-order valence-corrected chi connectivity index (χ0v) is 16.0. The van der Waals surface area contributed by atoms with Crippen LogP contribution in [0.1, 0.15) is 11.1 Å². The van der Waals surface area contributed by atoms with Gasteiger partial charge in [-0.15, -0.1) is 0 Å². The lowest BCUT2D eigenvalue weighted by Gasteiger charge is -2.15. The summed E-state index contributed by atoms with van der Waals surface area (Å²) in [4.78, 5) is 11.0. The number of rotatable bonds is 13. The number of hydrogen-bond acceptors (Lipinski definition) is 6. The second kappa shape index (κ2) is 11.9. The van der Waals surface area contributed by atoms with Crippen LogP contribution in [0, 0.1) is 10.1 Å². The number of nitro groups is 1. The molecule has 0 unspecified atom stereocenters. The van der Waals surface area contributed by atoms with E-state index in [1.807, 2.05) is 42.5 Å². The predicted octanol–water partition coefficient (Wildman–Crippen LogP) is 4.84. The van der Waals surface area contributed by atoms with Crippen LogP contribution in [-0.2, 0) is 9.47 Å². The summed E-state index contributed by atoms with van der Waals surface area (Å²) in [7, 11) is 0. The average molecular weight is 397 g/mol. The molecule has 0 aliphatic rings. The lowest BCUT2D eigenvalue weighted by molar-refractivity contribution is -0.386. The Hall–Kier alpha value is -3.74. The normalized spacial score (nSPS) is 10.3. The molecule has 2 aromatic rings. The molecule has 0 saturated carbocycles. The van der Waals surface area contributed by atoms with Gasteiger partial charge in [0.15, 0.2) is 5.75 Å². The molecule has 152 valence electrons. The van der Waals surface area contributed by atoms with Crippen molar-refractivity contribution < 1.29 is 23.9 Å². The molecule has 0 amide bonds. The zero-order chi connectivity index (χ0) is 20.9. The van der Waals surface area contributed by atoms with Gasteiger partial charge >= 0.3 is 5.69 Å². The Morgan fingerprint density at radius 2 is 1.45 bits per heavy atom. The number of ether oxygens (including phenoxy) is 4. The van der Waals surface area contributed by atoms with Gasteiger partial charge in [0.05, 0.1) is 17.4 Å². The third-order valence-electron chi connectivity index (χ3n) is 3.70. The van der Waals surface area contributed by atoms with Crippen LogP contribution in [0.2, 0.25) is 0 Å². The molecule has 0 aromatic heterocycles. The van der Waals surface area contributed by atoms with Gasteiger partial charge in [-0.25, -0.2) is 0 Å². The van der Waals surface area contributed by atoms with Crippen LogP contribution < -0.4 is 9.47 Å². The van der Waals surface area contributed by atoms with E-state index in [1.54, 1.807) is 6.07 Å². The van der Waals surface area contributed by atoms with Gasteiger partial charge in [0.25, 0.3) is 0 Å². The van der Waals surface area contributed by atoms with Crippen LogP contribution in [0.25, 0.3) is 12.2 Å². The molecule has 0 aliphatic heterocycles. The minimum absolute atomic E-state index is 0.0384. The molecule has 29 heavy (non-hydrogen) atoms. The largest absolute Gasteiger partial charge is 0.498 e. The number of nitrogens with zero attached hydrogens (tertiary/aromatic N) is 1. The fraction of sp³-hybridized carbons (Fsp3) is 0.182. The maximum Gasteiger partial charge on any atom is 0.314 e. The van der Waals surface area contributed by atoms with Crippen molar-refractivity contribution in [2.75, 3.05) is 26.4 Å². The zero-order valence-electron chi connectivity index (χ0n) is 16.0. The van der Waals surface area contributed by atoms with Gasteiger partial charge in [-0.1, -0.05) is 55.6 Å². The molecule has 0 radical (unpaired) electrons. The van der Waals surface area contributed by atoms with Gasteiger partial charge in [0.2, 0.25) is 5.75 Å². The first-order valence-electron chi connectivity index (χ1n) is 8.92. The van der Waals surface area contributed by atoms with Gasteiger partial charge in [0.1, 0.15) is 26.4 Å². The van der Waals surface area contributed by atoms with E-state index < -0.39 is 4.92 Å². The van der Waals surface area contributed by atoms with Crippen LogP contribution in [0.4, 0.5) is 5.69 Å². The molecular formula is C22H23NO6. The summed E-state index contributed by atoms with van der Waals surface area (Å²) >= 11 is 0. The summed E-state index contributed by atoms with van der Waals surface area (Å²) in [6.45, 7) is 7.63. The Bertz CT molecular complexity index is 848. The van der Waals surface area contributed by atoms with Crippen LogP contribution in [0.15, 0.2) is 68.1 Å². The molecule has 0 fully saturated rings. The van der Waals surface area contributed by atoms with Crippen molar-refractivity contribution in [1.82, 2.24) is 0 Å². The smallest absolute Gasteiger partial charge is 0.314 e. The van der Waals surface area contributed by atoms with Crippen molar-refractivity contribution in [3.63, 3.8) is 0 Å². The second-order valence-corrected chi connectivity index (χ2v) is 5.61. The van der Waals surface area contributed by atoms with Gasteiger partial charge < -0.3 is 18.9 Å². The Labute approximate surface area is 169 Å². The molecule has 0 bridgehead atoms. The van der Waals surface area contributed by atoms with E-state index in [2.05, 4.69) is 13.2 Å². The second-order valence-electron chi connectivity index (χ2n) is 5.61. The van der Waals surface area contributed by atoms with Crippen LogP contribution in [0.5, 0.6) is 11.5 Å². The first-order chi connectivity index (χ1) is 14.2. The molecule has 0 heterocycles. The van der Waals surface area contributed by atoms with Crippen LogP contribution in [-0.4, -0.2) is 31.4 Å². The fourth-order valence-corrected chi connectivity index (χ4v) is 2.43. The Morgan fingerprint density at radius 3 is 2.03 bits per heavy atom. The fourth-order valence-electron chi connectivity index (χ4n) is 2.43. The summed E-state index contributed by atoms with van der Waals surface area (Å²) < 4.78 is 21.5. The van der Waals surface area contributed by atoms with E-state index in [4.69, 9.17) is 18.9 Å². The van der Waals surface area contributed by atoms with Crippen molar-refractivity contribution in [2.45, 2.75) is 0 Å². The topological polar surface area (TPSA) is 80.1 Å².